The van der Waals surface area contributed by atoms with E-state index in [1.807, 2.05) is 0 Å². The fourth-order valence-electron chi connectivity index (χ4n) is 2.66. The Morgan fingerprint density at radius 1 is 1.42 bits per heavy atom. The van der Waals surface area contributed by atoms with Crippen LogP contribution in [0.4, 0.5) is 0 Å². The molecular weight excluding hydrogens is 260 g/mol. The second kappa shape index (κ2) is 6.92. The number of piperidine rings is 1. The third-order valence-electron chi connectivity index (χ3n) is 4.02. The molecule has 1 saturated heterocycles. The van der Waals surface area contributed by atoms with Gasteiger partial charge in [-0.2, -0.15) is 0 Å². The molecule has 1 aromatic rings. The number of rotatable bonds is 3. The van der Waals surface area contributed by atoms with Gasteiger partial charge >= 0.3 is 0 Å². The molecule has 1 aliphatic heterocycles. The Hall–Kier alpha value is -1.06. The van der Waals surface area contributed by atoms with Crippen LogP contribution in [0.25, 0.3) is 0 Å². The second-order valence-electron chi connectivity index (χ2n) is 5.34. The molecule has 1 heterocycles. The normalized spacial score (nSPS) is 19.8. The minimum Gasteiger partial charge on any atom is -0.369 e. The summed E-state index contributed by atoms with van der Waals surface area (Å²) in [6.07, 6.45) is 2.01. The molecule has 0 aliphatic carbocycles. The molecule has 2 rings (SSSR count). The number of nitrogens with zero attached hydrogens (tertiary/aromatic N) is 1. The maximum absolute atomic E-state index is 11.3. The molecule has 0 aromatic heterocycles. The summed E-state index contributed by atoms with van der Waals surface area (Å²) in [4.78, 5) is 13.6. The predicted molar refractivity (Wildman–Crippen MR) is 80.4 cm³/mol. The molecular formula is C15H23ClN2O. The van der Waals surface area contributed by atoms with Gasteiger partial charge in [0.25, 0.3) is 0 Å². The Balaban J connectivity index is 0.00000180. The van der Waals surface area contributed by atoms with Gasteiger partial charge < -0.3 is 5.73 Å². The van der Waals surface area contributed by atoms with Crippen LogP contribution >= 0.6 is 12.4 Å². The number of halogens is 1. The summed E-state index contributed by atoms with van der Waals surface area (Å²) in [5.74, 6) is -0.121. The molecule has 3 nitrogen and oxygen atoms in total. The first-order chi connectivity index (χ1) is 8.58. The van der Waals surface area contributed by atoms with E-state index in [1.165, 1.54) is 16.7 Å². The Morgan fingerprint density at radius 2 is 2.16 bits per heavy atom. The van der Waals surface area contributed by atoms with Gasteiger partial charge in [-0.3, -0.25) is 9.69 Å². The lowest BCUT2D eigenvalue weighted by atomic mass is 9.96. The number of hydrogen-bond donors (Lipinski definition) is 1. The van der Waals surface area contributed by atoms with Gasteiger partial charge in [0.15, 0.2) is 0 Å². The SMILES string of the molecule is Cc1cccc(CN2CCCC(C(N)=O)C2)c1C.Cl. The predicted octanol–water partition coefficient (Wildman–Crippen LogP) is 2.42. The van der Waals surface area contributed by atoms with E-state index in [-0.39, 0.29) is 24.2 Å². The lowest BCUT2D eigenvalue weighted by Gasteiger charge is -2.31. The van der Waals surface area contributed by atoms with E-state index in [0.29, 0.717) is 0 Å². The zero-order valence-corrected chi connectivity index (χ0v) is 12.5. The smallest absolute Gasteiger partial charge is 0.221 e. The first-order valence-corrected chi connectivity index (χ1v) is 6.64. The molecule has 1 amide bonds. The van der Waals surface area contributed by atoms with E-state index in [2.05, 4.69) is 36.9 Å². The second-order valence-corrected chi connectivity index (χ2v) is 5.34. The monoisotopic (exact) mass is 282 g/mol. The van der Waals surface area contributed by atoms with Crippen molar-refractivity contribution < 1.29 is 4.79 Å². The van der Waals surface area contributed by atoms with Crippen molar-refractivity contribution in [2.24, 2.45) is 11.7 Å². The minimum absolute atomic E-state index is 0. The average Bonchev–Trinajstić information content (AvgIpc) is 2.35. The summed E-state index contributed by atoms with van der Waals surface area (Å²) in [7, 11) is 0. The van der Waals surface area contributed by atoms with Crippen LogP contribution in [0.2, 0.25) is 0 Å². The van der Waals surface area contributed by atoms with Crippen LogP contribution in [0, 0.1) is 19.8 Å². The van der Waals surface area contributed by atoms with Crippen LogP contribution < -0.4 is 5.73 Å². The Kier molecular flexibility index (Phi) is 5.83. The Bertz CT molecular complexity index is 448. The number of carbonyl (C=O) groups excluding carboxylic acids is 1. The van der Waals surface area contributed by atoms with Crippen molar-refractivity contribution in [2.75, 3.05) is 13.1 Å². The summed E-state index contributed by atoms with van der Waals surface area (Å²) in [5.41, 5.74) is 9.46. The number of likely N-dealkylation sites (tertiary alicyclic amines) is 1. The van der Waals surface area contributed by atoms with Crippen molar-refractivity contribution in [3.05, 3.63) is 34.9 Å². The van der Waals surface area contributed by atoms with Crippen molar-refractivity contribution in [1.82, 2.24) is 4.90 Å². The van der Waals surface area contributed by atoms with E-state index in [4.69, 9.17) is 5.73 Å². The summed E-state index contributed by atoms with van der Waals surface area (Å²) >= 11 is 0. The van der Waals surface area contributed by atoms with Crippen LogP contribution in [0.1, 0.15) is 29.5 Å². The molecule has 1 aliphatic rings. The van der Waals surface area contributed by atoms with E-state index >= 15 is 0 Å². The van der Waals surface area contributed by atoms with Crippen molar-refractivity contribution in [1.29, 1.82) is 0 Å². The van der Waals surface area contributed by atoms with Crippen LogP contribution in [0.5, 0.6) is 0 Å². The standard InChI is InChI=1S/C15H22N2O.ClH/c1-11-5-3-6-13(12(11)2)9-17-8-4-7-14(10-17)15(16)18;/h3,5-6,14H,4,7-10H2,1-2H3,(H2,16,18);1H. The first kappa shape index (κ1) is 16.0. The van der Waals surface area contributed by atoms with Gasteiger partial charge in [-0.15, -0.1) is 12.4 Å². The number of carbonyl (C=O) groups is 1. The molecule has 1 atom stereocenters. The molecule has 106 valence electrons. The fraction of sp³-hybridized carbons (Fsp3) is 0.533. The molecule has 0 bridgehead atoms. The topological polar surface area (TPSA) is 46.3 Å². The van der Waals surface area contributed by atoms with Crippen molar-refractivity contribution in [3.63, 3.8) is 0 Å². The lowest BCUT2D eigenvalue weighted by Crippen LogP contribution is -2.40. The van der Waals surface area contributed by atoms with Gasteiger partial charge in [0.05, 0.1) is 5.92 Å². The lowest BCUT2D eigenvalue weighted by molar-refractivity contribution is -0.123. The van der Waals surface area contributed by atoms with Gasteiger partial charge in [0, 0.05) is 13.1 Å². The van der Waals surface area contributed by atoms with E-state index < -0.39 is 0 Å². The minimum atomic E-state index is -0.152. The molecule has 2 N–H and O–H groups in total. The number of amides is 1. The van der Waals surface area contributed by atoms with Crippen molar-refractivity contribution in [2.45, 2.75) is 33.2 Å². The molecule has 0 spiro atoms. The Morgan fingerprint density at radius 3 is 2.84 bits per heavy atom. The quantitative estimate of drug-likeness (QED) is 0.925. The van der Waals surface area contributed by atoms with E-state index in [0.717, 1.165) is 32.5 Å². The van der Waals surface area contributed by atoms with Crippen LogP contribution in [0.15, 0.2) is 18.2 Å². The van der Waals surface area contributed by atoms with Crippen LogP contribution in [0.3, 0.4) is 0 Å². The van der Waals surface area contributed by atoms with E-state index in [9.17, 15) is 4.79 Å². The summed E-state index contributed by atoms with van der Waals surface area (Å²) in [6, 6.07) is 6.42. The molecule has 1 fully saturated rings. The zero-order valence-electron chi connectivity index (χ0n) is 11.7. The number of primary amides is 1. The molecule has 0 saturated carbocycles. The molecule has 4 heteroatoms. The maximum Gasteiger partial charge on any atom is 0.221 e. The highest BCUT2D eigenvalue weighted by molar-refractivity contribution is 5.85. The number of nitrogens with two attached hydrogens (primary N) is 1. The van der Waals surface area contributed by atoms with Gasteiger partial charge in [-0.25, -0.2) is 0 Å². The molecule has 1 aromatic carbocycles. The molecule has 1 unspecified atom stereocenters. The van der Waals surface area contributed by atoms with Gasteiger partial charge in [0.2, 0.25) is 5.91 Å². The highest BCUT2D eigenvalue weighted by atomic mass is 35.5. The number of aryl methyl sites for hydroxylation is 1. The van der Waals surface area contributed by atoms with Crippen LogP contribution in [-0.2, 0) is 11.3 Å². The summed E-state index contributed by atoms with van der Waals surface area (Å²) < 4.78 is 0. The average molecular weight is 283 g/mol. The highest BCUT2D eigenvalue weighted by Crippen LogP contribution is 2.20. The van der Waals surface area contributed by atoms with Crippen molar-refractivity contribution >= 4 is 18.3 Å². The zero-order chi connectivity index (χ0) is 13.1. The third-order valence-corrected chi connectivity index (χ3v) is 4.02. The summed E-state index contributed by atoms with van der Waals surface area (Å²) in [5, 5.41) is 0. The number of benzene rings is 1. The molecule has 19 heavy (non-hydrogen) atoms. The number of hydrogen-bond acceptors (Lipinski definition) is 2. The largest absolute Gasteiger partial charge is 0.369 e. The highest BCUT2D eigenvalue weighted by Gasteiger charge is 2.24. The van der Waals surface area contributed by atoms with Crippen LogP contribution in [-0.4, -0.2) is 23.9 Å². The third kappa shape index (κ3) is 3.95. The maximum atomic E-state index is 11.3. The molecule has 0 radical (unpaired) electrons. The summed E-state index contributed by atoms with van der Waals surface area (Å²) in [6.45, 7) is 7.11. The van der Waals surface area contributed by atoms with Gasteiger partial charge in [-0.05, 0) is 49.9 Å². The Labute approximate surface area is 121 Å². The van der Waals surface area contributed by atoms with Gasteiger partial charge in [-0.1, -0.05) is 18.2 Å². The van der Waals surface area contributed by atoms with Crippen molar-refractivity contribution in [3.8, 4) is 0 Å². The first-order valence-electron chi connectivity index (χ1n) is 6.64. The van der Waals surface area contributed by atoms with E-state index in [1.54, 1.807) is 0 Å². The fourth-order valence-corrected chi connectivity index (χ4v) is 2.66. The van der Waals surface area contributed by atoms with Gasteiger partial charge in [0.1, 0.15) is 0 Å².